The van der Waals surface area contributed by atoms with E-state index in [9.17, 15) is 4.79 Å². The van der Waals surface area contributed by atoms with Gasteiger partial charge in [-0.15, -0.1) is 0 Å². The van der Waals surface area contributed by atoms with Crippen LogP contribution < -0.4 is 5.32 Å². The summed E-state index contributed by atoms with van der Waals surface area (Å²) >= 11 is 0. The normalized spacial score (nSPS) is 12.4. The van der Waals surface area contributed by atoms with Crippen molar-refractivity contribution in [3.63, 3.8) is 0 Å². The third kappa shape index (κ3) is 4.20. The molecule has 154 valence electrons. The third-order valence-corrected chi connectivity index (χ3v) is 5.74. The molecule has 0 aliphatic heterocycles. The van der Waals surface area contributed by atoms with E-state index in [2.05, 4.69) is 43.4 Å². The van der Waals surface area contributed by atoms with Crippen LogP contribution in [0.2, 0.25) is 0 Å². The first-order valence-electron chi connectivity index (χ1n) is 10.6. The molecule has 0 fully saturated rings. The summed E-state index contributed by atoms with van der Waals surface area (Å²) in [6, 6.07) is 18.6. The van der Waals surface area contributed by atoms with Gasteiger partial charge < -0.3 is 5.32 Å². The zero-order valence-corrected chi connectivity index (χ0v) is 17.9. The Balaban J connectivity index is 1.40. The first-order valence-corrected chi connectivity index (χ1v) is 10.6. The van der Waals surface area contributed by atoms with Crippen LogP contribution in [0.3, 0.4) is 0 Å². The molecule has 1 atom stereocenters. The van der Waals surface area contributed by atoms with E-state index in [-0.39, 0.29) is 11.9 Å². The Bertz CT molecular complexity index is 1180. The number of hydrogen-bond donors (Lipinski definition) is 1. The number of amides is 1. The smallest absolute Gasteiger partial charge is 0.220 e. The van der Waals surface area contributed by atoms with Crippen LogP contribution in [0.25, 0.3) is 16.6 Å². The van der Waals surface area contributed by atoms with Crippen molar-refractivity contribution >= 4 is 22.5 Å². The summed E-state index contributed by atoms with van der Waals surface area (Å²) in [6.45, 7) is 6.15. The van der Waals surface area contributed by atoms with Crippen LogP contribution in [0.5, 0.6) is 0 Å². The molecule has 2 aromatic carbocycles. The van der Waals surface area contributed by atoms with E-state index in [4.69, 9.17) is 10.1 Å². The van der Waals surface area contributed by atoms with Crippen molar-refractivity contribution in [2.75, 3.05) is 0 Å². The number of benzene rings is 2. The number of nitrogens with zero attached hydrogens (tertiary/aromatic N) is 3. The number of aryl methyl sites for hydroxylation is 3. The molecule has 4 rings (SSSR count). The standard InChI is InChI=1S/C25H28N4O/c1-17(13-14-20-9-5-4-6-10-20)26-24(30)16-15-21-18(2)27-25-22-11-7-8-12-23(22)28-29(25)19(21)3/h4-12,17H,13-16H2,1-3H3,(H,26,30). The topological polar surface area (TPSA) is 59.3 Å². The molecule has 0 aliphatic rings. The molecule has 0 bridgehead atoms. The van der Waals surface area contributed by atoms with Crippen molar-refractivity contribution in [1.82, 2.24) is 19.9 Å². The van der Waals surface area contributed by atoms with E-state index >= 15 is 0 Å². The number of carbonyl (C=O) groups excluding carboxylic acids is 1. The summed E-state index contributed by atoms with van der Waals surface area (Å²) in [5, 5.41) is 8.89. The molecule has 2 aromatic heterocycles. The van der Waals surface area contributed by atoms with Gasteiger partial charge in [0.1, 0.15) is 0 Å². The molecule has 30 heavy (non-hydrogen) atoms. The Kier molecular flexibility index (Phi) is 5.79. The van der Waals surface area contributed by atoms with E-state index in [0.29, 0.717) is 12.8 Å². The number of nitrogens with one attached hydrogen (secondary N) is 1. The van der Waals surface area contributed by atoms with Crippen LogP contribution in [0, 0.1) is 13.8 Å². The SMILES string of the molecule is Cc1nc2c3ccccc3nn2c(C)c1CCC(=O)NC(C)CCc1ccccc1. The minimum atomic E-state index is 0.0834. The summed E-state index contributed by atoms with van der Waals surface area (Å²) in [4.78, 5) is 17.3. The highest BCUT2D eigenvalue weighted by Gasteiger charge is 2.15. The van der Waals surface area contributed by atoms with Gasteiger partial charge in [-0.25, -0.2) is 9.50 Å². The molecule has 2 heterocycles. The van der Waals surface area contributed by atoms with Gasteiger partial charge in [-0.1, -0.05) is 42.5 Å². The van der Waals surface area contributed by atoms with Crippen LogP contribution >= 0.6 is 0 Å². The molecule has 0 saturated heterocycles. The minimum absolute atomic E-state index is 0.0834. The minimum Gasteiger partial charge on any atom is -0.354 e. The van der Waals surface area contributed by atoms with Crippen LogP contribution in [0.4, 0.5) is 0 Å². The van der Waals surface area contributed by atoms with Crippen molar-refractivity contribution < 1.29 is 4.79 Å². The first-order chi connectivity index (χ1) is 14.5. The lowest BCUT2D eigenvalue weighted by Crippen LogP contribution is -2.33. The summed E-state index contributed by atoms with van der Waals surface area (Å²) in [7, 11) is 0. The number of aromatic nitrogens is 3. The Hall–Kier alpha value is -3.21. The summed E-state index contributed by atoms with van der Waals surface area (Å²) in [5.74, 6) is 0.0834. The lowest BCUT2D eigenvalue weighted by molar-refractivity contribution is -0.121. The highest BCUT2D eigenvalue weighted by atomic mass is 16.1. The van der Waals surface area contributed by atoms with Gasteiger partial charge in [0.05, 0.1) is 5.52 Å². The van der Waals surface area contributed by atoms with Gasteiger partial charge in [0.25, 0.3) is 0 Å². The molecule has 0 radical (unpaired) electrons. The molecular weight excluding hydrogens is 372 g/mol. The van der Waals surface area contributed by atoms with Gasteiger partial charge in [0, 0.05) is 29.2 Å². The molecule has 4 aromatic rings. The van der Waals surface area contributed by atoms with E-state index in [0.717, 1.165) is 46.3 Å². The zero-order valence-electron chi connectivity index (χ0n) is 17.9. The number of rotatable bonds is 7. The monoisotopic (exact) mass is 400 g/mol. The van der Waals surface area contributed by atoms with E-state index < -0.39 is 0 Å². The largest absolute Gasteiger partial charge is 0.354 e. The fourth-order valence-electron chi connectivity index (χ4n) is 4.02. The van der Waals surface area contributed by atoms with E-state index in [1.54, 1.807) is 0 Å². The first kappa shape index (κ1) is 20.1. The zero-order chi connectivity index (χ0) is 21.1. The molecule has 0 aliphatic carbocycles. The van der Waals surface area contributed by atoms with Gasteiger partial charge in [-0.3, -0.25) is 4.79 Å². The van der Waals surface area contributed by atoms with E-state index in [1.807, 2.05) is 41.8 Å². The molecule has 5 nitrogen and oxygen atoms in total. The Morgan fingerprint density at radius 2 is 1.77 bits per heavy atom. The maximum absolute atomic E-state index is 12.5. The average molecular weight is 401 g/mol. The highest BCUT2D eigenvalue weighted by Crippen LogP contribution is 2.22. The second kappa shape index (κ2) is 8.66. The highest BCUT2D eigenvalue weighted by molar-refractivity contribution is 5.92. The van der Waals surface area contributed by atoms with Crippen molar-refractivity contribution in [3.8, 4) is 0 Å². The van der Waals surface area contributed by atoms with Gasteiger partial charge in [-0.2, -0.15) is 5.10 Å². The summed E-state index contributed by atoms with van der Waals surface area (Å²) in [5.41, 5.74) is 6.24. The van der Waals surface area contributed by atoms with Crippen molar-refractivity contribution in [2.45, 2.75) is 52.5 Å². The summed E-state index contributed by atoms with van der Waals surface area (Å²) in [6.07, 6.45) is 3.01. The fourth-order valence-corrected chi connectivity index (χ4v) is 4.02. The Morgan fingerprint density at radius 3 is 2.57 bits per heavy atom. The molecule has 0 saturated carbocycles. The lowest BCUT2D eigenvalue weighted by atomic mass is 10.0. The Labute approximate surface area is 177 Å². The molecule has 1 amide bonds. The molecule has 1 unspecified atom stereocenters. The van der Waals surface area contributed by atoms with Gasteiger partial charge >= 0.3 is 0 Å². The molecule has 1 N–H and O–H groups in total. The maximum Gasteiger partial charge on any atom is 0.220 e. The second-order valence-electron chi connectivity index (χ2n) is 8.01. The van der Waals surface area contributed by atoms with Crippen molar-refractivity contribution in [1.29, 1.82) is 0 Å². The van der Waals surface area contributed by atoms with Crippen molar-refractivity contribution in [2.24, 2.45) is 0 Å². The van der Waals surface area contributed by atoms with Crippen LogP contribution in [-0.4, -0.2) is 26.5 Å². The number of hydrogen-bond acceptors (Lipinski definition) is 3. The fraction of sp³-hybridized carbons (Fsp3) is 0.320. The van der Waals surface area contributed by atoms with Gasteiger partial charge in [0.2, 0.25) is 5.91 Å². The average Bonchev–Trinajstić information content (AvgIpc) is 3.12. The predicted octanol–water partition coefficient (Wildman–Crippen LogP) is 4.57. The predicted molar refractivity (Wildman–Crippen MR) is 121 cm³/mol. The van der Waals surface area contributed by atoms with Gasteiger partial charge in [-0.05, 0) is 63.3 Å². The maximum atomic E-state index is 12.5. The summed E-state index contributed by atoms with van der Waals surface area (Å²) < 4.78 is 1.91. The molecule has 5 heteroatoms. The molecule has 0 spiro atoms. The second-order valence-corrected chi connectivity index (χ2v) is 8.01. The van der Waals surface area contributed by atoms with Crippen LogP contribution in [0.15, 0.2) is 54.6 Å². The number of carbonyl (C=O) groups is 1. The third-order valence-electron chi connectivity index (χ3n) is 5.74. The van der Waals surface area contributed by atoms with Crippen LogP contribution in [-0.2, 0) is 17.6 Å². The van der Waals surface area contributed by atoms with Crippen molar-refractivity contribution in [3.05, 3.63) is 77.1 Å². The van der Waals surface area contributed by atoms with Gasteiger partial charge in [0.15, 0.2) is 5.65 Å². The Morgan fingerprint density at radius 1 is 1.03 bits per heavy atom. The molecular formula is C25H28N4O. The van der Waals surface area contributed by atoms with Crippen LogP contribution in [0.1, 0.15) is 42.3 Å². The quantitative estimate of drug-likeness (QED) is 0.494. The number of fused-ring (bicyclic) bond motifs is 3. The lowest BCUT2D eigenvalue weighted by Gasteiger charge is -2.15. The van der Waals surface area contributed by atoms with E-state index in [1.165, 1.54) is 5.56 Å².